The molecule has 1 atom stereocenters. The van der Waals surface area contributed by atoms with E-state index in [9.17, 15) is 14.7 Å². The van der Waals surface area contributed by atoms with Gasteiger partial charge >= 0.3 is 5.97 Å². The van der Waals surface area contributed by atoms with Crippen molar-refractivity contribution in [2.45, 2.75) is 12.8 Å². The van der Waals surface area contributed by atoms with Gasteiger partial charge in [0.05, 0.1) is 5.92 Å². The molecule has 1 unspecified atom stereocenters. The summed E-state index contributed by atoms with van der Waals surface area (Å²) >= 11 is 0. The van der Waals surface area contributed by atoms with Crippen molar-refractivity contribution in [3.8, 4) is 11.5 Å². The highest BCUT2D eigenvalue weighted by atomic mass is 16.7. The molecule has 0 aliphatic carbocycles. The van der Waals surface area contributed by atoms with Crippen LogP contribution in [0.1, 0.15) is 22.3 Å². The highest BCUT2D eigenvalue weighted by molar-refractivity contribution is 5.98. The predicted octanol–water partition coefficient (Wildman–Crippen LogP) is 2.93. The second kappa shape index (κ2) is 6.52. The van der Waals surface area contributed by atoms with Gasteiger partial charge < -0.3 is 14.6 Å². The molecule has 0 aromatic heterocycles. The van der Waals surface area contributed by atoms with Crippen LogP contribution < -0.4 is 9.47 Å². The van der Waals surface area contributed by atoms with Crippen molar-refractivity contribution in [3.05, 3.63) is 59.7 Å². The highest BCUT2D eigenvalue weighted by Crippen LogP contribution is 2.33. The van der Waals surface area contributed by atoms with Gasteiger partial charge in [0.25, 0.3) is 0 Å². The summed E-state index contributed by atoms with van der Waals surface area (Å²) in [5, 5.41) is 9.39. The molecule has 0 radical (unpaired) electrons. The largest absolute Gasteiger partial charge is 0.481 e. The molecule has 2 aromatic rings. The molecule has 118 valence electrons. The van der Waals surface area contributed by atoms with Crippen molar-refractivity contribution < 1.29 is 24.2 Å². The summed E-state index contributed by atoms with van der Waals surface area (Å²) < 4.78 is 10.5. The van der Waals surface area contributed by atoms with E-state index in [4.69, 9.17) is 9.47 Å². The molecule has 0 bridgehead atoms. The number of carbonyl (C=O) groups is 2. The lowest BCUT2D eigenvalue weighted by Gasteiger charge is -2.12. The lowest BCUT2D eigenvalue weighted by atomic mass is 9.92. The molecule has 2 aromatic carbocycles. The third kappa shape index (κ3) is 3.51. The predicted molar refractivity (Wildman–Crippen MR) is 82.8 cm³/mol. The molecular formula is C18H16O5. The van der Waals surface area contributed by atoms with Crippen molar-refractivity contribution in [3.63, 3.8) is 0 Å². The zero-order chi connectivity index (χ0) is 16.2. The van der Waals surface area contributed by atoms with Gasteiger partial charge in [-0.15, -0.1) is 0 Å². The molecule has 5 nitrogen and oxygen atoms in total. The first-order valence-electron chi connectivity index (χ1n) is 7.33. The van der Waals surface area contributed by atoms with Gasteiger partial charge in [-0.2, -0.15) is 0 Å². The summed E-state index contributed by atoms with van der Waals surface area (Å²) in [6, 6.07) is 14.2. The van der Waals surface area contributed by atoms with E-state index in [1.807, 2.05) is 30.3 Å². The lowest BCUT2D eigenvalue weighted by molar-refractivity contribution is -0.141. The van der Waals surface area contributed by atoms with E-state index < -0.39 is 11.9 Å². The van der Waals surface area contributed by atoms with Crippen molar-refractivity contribution in [1.82, 2.24) is 0 Å². The van der Waals surface area contributed by atoms with Crippen LogP contribution in [0.4, 0.5) is 0 Å². The first kappa shape index (κ1) is 15.1. The number of carbonyl (C=O) groups excluding carboxylic acids is 1. The van der Waals surface area contributed by atoms with Crippen molar-refractivity contribution >= 4 is 11.8 Å². The zero-order valence-corrected chi connectivity index (χ0v) is 12.4. The molecule has 0 spiro atoms. The summed E-state index contributed by atoms with van der Waals surface area (Å²) in [7, 11) is 0. The zero-order valence-electron chi connectivity index (χ0n) is 12.4. The van der Waals surface area contributed by atoms with Crippen LogP contribution in [0, 0.1) is 5.92 Å². The standard InChI is InChI=1S/C18H16O5/c19-15(13-6-7-16-17(10-13)23-11-22-16)9-14(18(20)21)8-12-4-2-1-3-5-12/h1-7,10,14H,8-9,11H2,(H,20,21). The fraction of sp³-hybridized carbons (Fsp3) is 0.222. The van der Waals surface area contributed by atoms with Gasteiger partial charge in [-0.25, -0.2) is 0 Å². The molecule has 0 amide bonds. The Bertz CT molecular complexity index is 723. The summed E-state index contributed by atoms with van der Waals surface area (Å²) in [6.45, 7) is 0.138. The Morgan fingerprint density at radius 3 is 2.52 bits per heavy atom. The fourth-order valence-electron chi connectivity index (χ4n) is 2.56. The van der Waals surface area contributed by atoms with Gasteiger partial charge in [0.1, 0.15) is 0 Å². The van der Waals surface area contributed by atoms with E-state index in [2.05, 4.69) is 0 Å². The van der Waals surface area contributed by atoms with Crippen LogP contribution in [0.5, 0.6) is 11.5 Å². The Kier molecular flexibility index (Phi) is 4.28. The molecule has 0 saturated heterocycles. The number of rotatable bonds is 6. The topological polar surface area (TPSA) is 72.8 Å². The number of hydrogen-bond acceptors (Lipinski definition) is 4. The third-order valence-corrected chi connectivity index (χ3v) is 3.80. The van der Waals surface area contributed by atoms with Crippen LogP contribution in [-0.2, 0) is 11.2 Å². The Labute approximate surface area is 133 Å². The smallest absolute Gasteiger partial charge is 0.307 e. The minimum Gasteiger partial charge on any atom is -0.481 e. The van der Waals surface area contributed by atoms with Gasteiger partial charge in [-0.3, -0.25) is 9.59 Å². The fourth-order valence-corrected chi connectivity index (χ4v) is 2.56. The third-order valence-electron chi connectivity index (χ3n) is 3.80. The molecule has 3 rings (SSSR count). The van der Waals surface area contributed by atoms with E-state index in [0.717, 1.165) is 5.56 Å². The van der Waals surface area contributed by atoms with E-state index in [-0.39, 0.29) is 19.0 Å². The molecule has 0 fully saturated rings. The SMILES string of the molecule is O=C(CC(Cc1ccccc1)C(=O)O)c1ccc2c(c1)OCO2. The molecule has 23 heavy (non-hydrogen) atoms. The van der Waals surface area contributed by atoms with E-state index in [0.29, 0.717) is 23.5 Å². The molecule has 1 heterocycles. The lowest BCUT2D eigenvalue weighted by Crippen LogP contribution is -2.20. The number of fused-ring (bicyclic) bond motifs is 1. The number of aliphatic carboxylic acids is 1. The Hall–Kier alpha value is -2.82. The van der Waals surface area contributed by atoms with Crippen molar-refractivity contribution in [1.29, 1.82) is 0 Å². The highest BCUT2D eigenvalue weighted by Gasteiger charge is 2.24. The number of ether oxygens (including phenoxy) is 2. The molecule has 1 aliphatic rings. The van der Waals surface area contributed by atoms with E-state index in [1.165, 1.54) is 0 Å². The van der Waals surface area contributed by atoms with E-state index in [1.54, 1.807) is 18.2 Å². The first-order chi connectivity index (χ1) is 11.1. The number of benzene rings is 2. The average Bonchev–Trinajstić information content (AvgIpc) is 3.02. The molecule has 0 saturated carbocycles. The Morgan fingerprint density at radius 2 is 1.78 bits per heavy atom. The van der Waals surface area contributed by atoms with Gasteiger partial charge in [0.15, 0.2) is 17.3 Å². The van der Waals surface area contributed by atoms with Crippen molar-refractivity contribution in [2.75, 3.05) is 6.79 Å². The Morgan fingerprint density at radius 1 is 1.04 bits per heavy atom. The summed E-state index contributed by atoms with van der Waals surface area (Å²) in [5.74, 6) is -0.823. The van der Waals surface area contributed by atoms with Gasteiger partial charge in [0.2, 0.25) is 6.79 Å². The number of ketones is 1. The van der Waals surface area contributed by atoms with Crippen LogP contribution >= 0.6 is 0 Å². The van der Waals surface area contributed by atoms with Crippen LogP contribution in [-0.4, -0.2) is 23.7 Å². The summed E-state index contributed by atoms with van der Waals surface area (Å²) in [4.78, 5) is 23.9. The maximum absolute atomic E-state index is 12.4. The maximum atomic E-state index is 12.4. The van der Waals surface area contributed by atoms with Gasteiger partial charge in [0, 0.05) is 12.0 Å². The van der Waals surface area contributed by atoms with Crippen LogP contribution in [0.3, 0.4) is 0 Å². The maximum Gasteiger partial charge on any atom is 0.307 e. The minimum absolute atomic E-state index is 0.0517. The minimum atomic E-state index is -0.969. The van der Waals surface area contributed by atoms with Crippen LogP contribution in [0.25, 0.3) is 0 Å². The van der Waals surface area contributed by atoms with Crippen LogP contribution in [0.2, 0.25) is 0 Å². The van der Waals surface area contributed by atoms with Crippen LogP contribution in [0.15, 0.2) is 48.5 Å². The molecule has 5 heteroatoms. The first-order valence-corrected chi connectivity index (χ1v) is 7.33. The van der Waals surface area contributed by atoms with Gasteiger partial charge in [-0.1, -0.05) is 30.3 Å². The number of carboxylic acid groups (broad SMARTS) is 1. The summed E-state index contributed by atoms with van der Waals surface area (Å²) in [6.07, 6.45) is 0.274. The summed E-state index contributed by atoms with van der Waals surface area (Å²) in [5.41, 5.74) is 1.34. The molecule has 1 aliphatic heterocycles. The second-order valence-electron chi connectivity index (χ2n) is 5.42. The quantitative estimate of drug-likeness (QED) is 0.830. The number of Topliss-reactive ketones (excluding diaryl/α,β-unsaturated/α-hetero) is 1. The monoisotopic (exact) mass is 312 g/mol. The van der Waals surface area contributed by atoms with E-state index >= 15 is 0 Å². The molecular weight excluding hydrogens is 296 g/mol. The Balaban J connectivity index is 1.72. The average molecular weight is 312 g/mol. The number of carboxylic acids is 1. The normalized spacial score (nSPS) is 13.6. The van der Waals surface area contributed by atoms with Crippen molar-refractivity contribution in [2.24, 2.45) is 5.92 Å². The van der Waals surface area contributed by atoms with Gasteiger partial charge in [-0.05, 0) is 30.2 Å². The number of hydrogen-bond donors (Lipinski definition) is 1. The molecule has 1 N–H and O–H groups in total. The second-order valence-corrected chi connectivity index (χ2v) is 5.42.